The summed E-state index contributed by atoms with van der Waals surface area (Å²) in [5, 5.41) is 18.7. The Kier molecular flexibility index (Phi) is 5.38. The number of nitrogens with zero attached hydrogens (tertiary/aromatic N) is 2. The fraction of sp³-hybridized carbons (Fsp3) is 0.615. The highest BCUT2D eigenvalue weighted by molar-refractivity contribution is 5.48. The second-order valence-electron chi connectivity index (χ2n) is 4.46. The van der Waals surface area contributed by atoms with E-state index in [-0.39, 0.29) is 12.6 Å². The predicted molar refractivity (Wildman–Crippen MR) is 69.1 cm³/mol. The minimum atomic E-state index is -0.533. The molecule has 0 bridgehead atoms. The van der Waals surface area contributed by atoms with Crippen molar-refractivity contribution in [3.63, 3.8) is 0 Å². The Morgan fingerprint density at radius 2 is 2.06 bits per heavy atom. The summed E-state index contributed by atoms with van der Waals surface area (Å²) < 4.78 is 0. The van der Waals surface area contributed by atoms with Crippen LogP contribution in [0.15, 0.2) is 18.3 Å². The molecule has 0 aliphatic carbocycles. The van der Waals surface area contributed by atoms with Crippen molar-refractivity contribution in [1.29, 1.82) is 0 Å². The quantitative estimate of drug-likeness (QED) is 0.792. The molecule has 1 atom stereocenters. The van der Waals surface area contributed by atoms with Crippen LogP contribution in [0.25, 0.3) is 0 Å². The molecule has 0 saturated heterocycles. The van der Waals surface area contributed by atoms with Crippen LogP contribution in [0.2, 0.25) is 0 Å². The fourth-order valence-corrected chi connectivity index (χ4v) is 1.83. The Hall–Kier alpha value is -1.13. The molecule has 2 N–H and O–H groups in total. The summed E-state index contributed by atoms with van der Waals surface area (Å²) in [6.45, 7) is 6.81. The van der Waals surface area contributed by atoms with Crippen LogP contribution in [0.4, 0.5) is 5.82 Å². The van der Waals surface area contributed by atoms with Gasteiger partial charge in [0.1, 0.15) is 5.82 Å². The van der Waals surface area contributed by atoms with Crippen molar-refractivity contribution in [1.82, 2.24) is 4.98 Å². The van der Waals surface area contributed by atoms with E-state index in [9.17, 15) is 5.11 Å². The van der Waals surface area contributed by atoms with E-state index in [1.54, 1.807) is 13.1 Å². The summed E-state index contributed by atoms with van der Waals surface area (Å²) in [7, 11) is 0. The first-order valence-corrected chi connectivity index (χ1v) is 6.08. The number of aliphatic hydroxyl groups excluding tert-OH is 2. The Morgan fingerprint density at radius 3 is 2.59 bits per heavy atom. The first-order chi connectivity index (χ1) is 8.07. The molecule has 0 saturated carbocycles. The van der Waals surface area contributed by atoms with Crippen LogP contribution in [0.5, 0.6) is 0 Å². The maximum Gasteiger partial charge on any atom is 0.134 e. The van der Waals surface area contributed by atoms with Crippen molar-refractivity contribution in [2.24, 2.45) is 0 Å². The topological polar surface area (TPSA) is 56.6 Å². The normalized spacial score (nSPS) is 12.8. The summed E-state index contributed by atoms with van der Waals surface area (Å²) in [6.07, 6.45) is 1.90. The highest BCUT2D eigenvalue weighted by Crippen LogP contribution is 2.25. The van der Waals surface area contributed by atoms with E-state index in [1.165, 1.54) is 0 Å². The van der Waals surface area contributed by atoms with Gasteiger partial charge in [-0.25, -0.2) is 4.98 Å². The second-order valence-corrected chi connectivity index (χ2v) is 4.46. The summed E-state index contributed by atoms with van der Waals surface area (Å²) in [4.78, 5) is 6.47. The third-order valence-corrected chi connectivity index (χ3v) is 2.72. The zero-order chi connectivity index (χ0) is 12.8. The highest BCUT2D eigenvalue weighted by Gasteiger charge is 2.17. The van der Waals surface area contributed by atoms with E-state index in [0.29, 0.717) is 6.42 Å². The first kappa shape index (κ1) is 13.9. The van der Waals surface area contributed by atoms with E-state index in [1.807, 2.05) is 12.1 Å². The number of hydrogen-bond acceptors (Lipinski definition) is 4. The molecule has 1 heterocycles. The molecular formula is C13H22N2O2. The van der Waals surface area contributed by atoms with Crippen molar-refractivity contribution in [2.45, 2.75) is 39.3 Å². The number of pyridine rings is 1. The van der Waals surface area contributed by atoms with Gasteiger partial charge in [0.2, 0.25) is 0 Å². The van der Waals surface area contributed by atoms with Gasteiger partial charge in [-0.1, -0.05) is 6.07 Å². The first-order valence-electron chi connectivity index (χ1n) is 6.08. The monoisotopic (exact) mass is 238 g/mol. The molecule has 0 spiro atoms. The van der Waals surface area contributed by atoms with Gasteiger partial charge >= 0.3 is 0 Å². The lowest BCUT2D eigenvalue weighted by Gasteiger charge is -2.30. The molecule has 1 aromatic heterocycles. The van der Waals surface area contributed by atoms with Gasteiger partial charge in [-0.3, -0.25) is 0 Å². The number of rotatable bonds is 6. The Balaban J connectivity index is 3.00. The van der Waals surface area contributed by atoms with E-state index < -0.39 is 6.10 Å². The molecule has 0 unspecified atom stereocenters. The minimum absolute atomic E-state index is 0.167. The molecule has 0 radical (unpaired) electrons. The molecular weight excluding hydrogens is 216 g/mol. The van der Waals surface area contributed by atoms with Crippen molar-refractivity contribution in [3.8, 4) is 0 Å². The average molecular weight is 238 g/mol. The molecule has 4 heteroatoms. The molecule has 1 aromatic rings. The average Bonchev–Trinajstić information content (AvgIpc) is 2.29. The van der Waals surface area contributed by atoms with E-state index in [2.05, 4.69) is 23.7 Å². The minimum Gasteiger partial charge on any atom is -0.396 e. The van der Waals surface area contributed by atoms with E-state index in [0.717, 1.165) is 17.9 Å². The Bertz CT molecular complexity index is 340. The van der Waals surface area contributed by atoms with Gasteiger partial charge in [-0.2, -0.15) is 0 Å². The van der Waals surface area contributed by atoms with Gasteiger partial charge in [-0.05, 0) is 33.3 Å². The third kappa shape index (κ3) is 3.68. The molecule has 0 aliphatic heterocycles. The number of anilines is 1. The van der Waals surface area contributed by atoms with Crippen LogP contribution < -0.4 is 4.90 Å². The summed E-state index contributed by atoms with van der Waals surface area (Å²) >= 11 is 0. The van der Waals surface area contributed by atoms with Crippen LogP contribution in [-0.2, 0) is 0 Å². The van der Waals surface area contributed by atoms with Crippen LogP contribution in [0.1, 0.15) is 38.9 Å². The molecule has 0 amide bonds. The Labute approximate surface area is 103 Å². The lowest BCUT2D eigenvalue weighted by atomic mass is 10.1. The molecule has 0 fully saturated rings. The maximum atomic E-state index is 9.74. The van der Waals surface area contributed by atoms with Crippen LogP contribution in [0.3, 0.4) is 0 Å². The van der Waals surface area contributed by atoms with Gasteiger partial charge < -0.3 is 15.1 Å². The molecule has 96 valence electrons. The standard InChI is InChI=1S/C13H22N2O2/c1-10(2)15(8-5-9-16)13-12(11(3)17)6-4-7-14-13/h4,6-7,10-11,16-17H,5,8-9H2,1-3H3/t11-/m0/s1. The lowest BCUT2D eigenvalue weighted by molar-refractivity contribution is 0.199. The van der Waals surface area contributed by atoms with Crippen molar-refractivity contribution in [3.05, 3.63) is 23.9 Å². The number of aromatic nitrogens is 1. The number of hydrogen-bond donors (Lipinski definition) is 2. The van der Waals surface area contributed by atoms with Crippen molar-refractivity contribution < 1.29 is 10.2 Å². The van der Waals surface area contributed by atoms with Gasteiger partial charge in [0.25, 0.3) is 0 Å². The largest absolute Gasteiger partial charge is 0.396 e. The molecule has 1 rings (SSSR count). The van der Waals surface area contributed by atoms with Crippen LogP contribution >= 0.6 is 0 Å². The van der Waals surface area contributed by atoms with Crippen molar-refractivity contribution >= 4 is 5.82 Å². The van der Waals surface area contributed by atoms with Gasteiger partial charge in [0, 0.05) is 31.0 Å². The van der Waals surface area contributed by atoms with Gasteiger partial charge in [-0.15, -0.1) is 0 Å². The predicted octanol–water partition coefficient (Wildman–Crippen LogP) is 1.73. The molecule has 17 heavy (non-hydrogen) atoms. The van der Waals surface area contributed by atoms with E-state index in [4.69, 9.17) is 5.11 Å². The zero-order valence-electron chi connectivity index (χ0n) is 10.8. The second kappa shape index (κ2) is 6.57. The van der Waals surface area contributed by atoms with Crippen LogP contribution in [-0.4, -0.2) is 34.4 Å². The zero-order valence-corrected chi connectivity index (χ0v) is 10.8. The van der Waals surface area contributed by atoms with Gasteiger partial charge in [0.05, 0.1) is 6.10 Å². The third-order valence-electron chi connectivity index (χ3n) is 2.72. The fourth-order valence-electron chi connectivity index (χ4n) is 1.83. The summed E-state index contributed by atoms with van der Waals surface area (Å²) in [5.74, 6) is 0.811. The van der Waals surface area contributed by atoms with Crippen LogP contribution in [0, 0.1) is 0 Å². The molecule has 0 aromatic carbocycles. The summed E-state index contributed by atoms with van der Waals surface area (Å²) in [5.41, 5.74) is 0.833. The molecule has 0 aliphatic rings. The highest BCUT2D eigenvalue weighted by atomic mass is 16.3. The van der Waals surface area contributed by atoms with Gasteiger partial charge in [0.15, 0.2) is 0 Å². The van der Waals surface area contributed by atoms with E-state index >= 15 is 0 Å². The lowest BCUT2D eigenvalue weighted by Crippen LogP contribution is -2.34. The SMILES string of the molecule is CC(C)N(CCCO)c1ncccc1[C@H](C)O. The maximum absolute atomic E-state index is 9.74. The molecule has 4 nitrogen and oxygen atoms in total. The van der Waals surface area contributed by atoms with Crippen molar-refractivity contribution in [2.75, 3.05) is 18.1 Å². The smallest absolute Gasteiger partial charge is 0.134 e. The number of aliphatic hydroxyl groups is 2. The Morgan fingerprint density at radius 1 is 1.35 bits per heavy atom. The summed E-state index contributed by atoms with van der Waals surface area (Å²) in [6, 6.07) is 4.01.